The van der Waals surface area contributed by atoms with Crippen molar-refractivity contribution in [2.45, 2.75) is 34.6 Å². The van der Waals surface area contributed by atoms with Crippen molar-refractivity contribution < 1.29 is 9.90 Å². The molecule has 3 rings (SSSR count). The minimum atomic E-state index is -0.900. The van der Waals surface area contributed by atoms with E-state index in [4.69, 9.17) is 5.11 Å². The summed E-state index contributed by atoms with van der Waals surface area (Å²) in [6.45, 7) is 10.9. The maximum atomic E-state index is 11.0. The summed E-state index contributed by atoms with van der Waals surface area (Å²) in [5, 5.41) is 11.6. The number of hydrogen-bond acceptors (Lipinski definition) is 1. The van der Waals surface area contributed by atoms with Crippen LogP contribution in [0.15, 0.2) is 42.5 Å². The van der Waals surface area contributed by atoms with Gasteiger partial charge in [0.05, 0.1) is 5.56 Å². The molecule has 1 N–H and O–H groups in total. The fourth-order valence-corrected chi connectivity index (χ4v) is 3.45. The van der Waals surface area contributed by atoms with Crippen LogP contribution in [0.25, 0.3) is 22.4 Å². The Morgan fingerprint density at radius 3 is 1.88 bits per heavy atom. The van der Waals surface area contributed by atoms with Crippen LogP contribution in [0.5, 0.6) is 0 Å². The van der Waals surface area contributed by atoms with Crippen LogP contribution in [0.4, 0.5) is 0 Å². The van der Waals surface area contributed by atoms with Crippen molar-refractivity contribution in [3.05, 3.63) is 81.4 Å². The summed E-state index contributed by atoms with van der Waals surface area (Å²) in [6, 6.07) is 13.6. The summed E-state index contributed by atoms with van der Waals surface area (Å²) in [5.74, 6) is -0.900. The van der Waals surface area contributed by atoms with Gasteiger partial charge in [0.2, 0.25) is 0 Å². The van der Waals surface area contributed by atoms with Gasteiger partial charge >= 0.3 is 5.97 Å². The largest absolute Gasteiger partial charge is 0.478 e. The van der Waals surface area contributed by atoms with Crippen LogP contribution in [0.2, 0.25) is 0 Å². The molecule has 0 heterocycles. The number of aromatic carboxylic acids is 1. The predicted molar refractivity (Wildman–Crippen MR) is 110 cm³/mol. The first-order valence-corrected chi connectivity index (χ1v) is 8.81. The highest BCUT2D eigenvalue weighted by atomic mass is 16.4. The SMILES string of the molecule is C/C(=C\c1ccc(C(=O)O)cc1)c1ccc2c(C)c(C)c(C)c(C)c2c1. The average molecular weight is 344 g/mol. The molecule has 0 saturated carbocycles. The molecular formula is C24H24O2. The zero-order chi connectivity index (χ0) is 19.0. The zero-order valence-corrected chi connectivity index (χ0v) is 16.0. The topological polar surface area (TPSA) is 37.3 Å². The van der Waals surface area contributed by atoms with E-state index >= 15 is 0 Å². The summed E-state index contributed by atoms with van der Waals surface area (Å²) in [7, 11) is 0. The van der Waals surface area contributed by atoms with E-state index in [1.807, 2.05) is 12.1 Å². The van der Waals surface area contributed by atoms with Crippen LogP contribution in [0.1, 0.15) is 50.7 Å². The third-order valence-corrected chi connectivity index (χ3v) is 5.51. The zero-order valence-electron chi connectivity index (χ0n) is 16.0. The molecule has 0 aliphatic heterocycles. The van der Waals surface area contributed by atoms with Crippen molar-refractivity contribution in [3.8, 4) is 0 Å². The number of aryl methyl sites for hydroxylation is 2. The molecule has 2 nitrogen and oxygen atoms in total. The van der Waals surface area contributed by atoms with Crippen molar-refractivity contribution in [3.63, 3.8) is 0 Å². The van der Waals surface area contributed by atoms with Gasteiger partial charge in [0.1, 0.15) is 0 Å². The van der Waals surface area contributed by atoms with Gasteiger partial charge in [0, 0.05) is 0 Å². The van der Waals surface area contributed by atoms with Gasteiger partial charge in [0.25, 0.3) is 0 Å². The van der Waals surface area contributed by atoms with Gasteiger partial charge in [-0.2, -0.15) is 0 Å². The maximum Gasteiger partial charge on any atom is 0.335 e. The molecule has 3 aromatic rings. The van der Waals surface area contributed by atoms with Crippen molar-refractivity contribution in [2.75, 3.05) is 0 Å². The quantitative estimate of drug-likeness (QED) is 0.563. The molecule has 0 amide bonds. The number of carbonyl (C=O) groups is 1. The fraction of sp³-hybridized carbons (Fsp3) is 0.208. The molecular weight excluding hydrogens is 320 g/mol. The van der Waals surface area contributed by atoms with Gasteiger partial charge in [-0.05, 0) is 103 Å². The van der Waals surface area contributed by atoms with Crippen LogP contribution in [0.3, 0.4) is 0 Å². The maximum absolute atomic E-state index is 11.0. The molecule has 0 fully saturated rings. The second kappa shape index (κ2) is 6.80. The van der Waals surface area contributed by atoms with E-state index in [1.54, 1.807) is 12.1 Å². The van der Waals surface area contributed by atoms with Crippen LogP contribution in [0, 0.1) is 27.7 Å². The van der Waals surface area contributed by atoms with E-state index < -0.39 is 5.97 Å². The summed E-state index contributed by atoms with van der Waals surface area (Å²) in [4.78, 5) is 11.0. The van der Waals surface area contributed by atoms with Crippen molar-refractivity contribution in [1.29, 1.82) is 0 Å². The molecule has 0 spiro atoms. The van der Waals surface area contributed by atoms with E-state index in [2.05, 4.69) is 58.9 Å². The standard InChI is InChI=1S/C24H24O2/c1-14(12-19-6-8-20(9-7-19)24(25)26)21-10-11-22-17(4)15(2)16(3)18(5)23(22)13-21/h6-13H,1-5H3,(H,25,26)/b14-12+. The van der Waals surface area contributed by atoms with Gasteiger partial charge in [0.15, 0.2) is 0 Å². The Bertz CT molecular complexity index is 1040. The first-order chi connectivity index (χ1) is 12.3. The van der Waals surface area contributed by atoms with E-state index in [9.17, 15) is 4.79 Å². The second-order valence-corrected chi connectivity index (χ2v) is 7.01. The van der Waals surface area contributed by atoms with Gasteiger partial charge in [-0.15, -0.1) is 0 Å². The highest BCUT2D eigenvalue weighted by Gasteiger charge is 2.10. The number of hydrogen-bond donors (Lipinski definition) is 1. The lowest BCUT2D eigenvalue weighted by Crippen LogP contribution is -1.95. The van der Waals surface area contributed by atoms with E-state index in [-0.39, 0.29) is 0 Å². The molecule has 2 heteroatoms. The summed E-state index contributed by atoms with van der Waals surface area (Å²) >= 11 is 0. The van der Waals surface area contributed by atoms with Crippen LogP contribution >= 0.6 is 0 Å². The molecule has 0 aliphatic carbocycles. The number of carboxylic acids is 1. The average Bonchev–Trinajstić information content (AvgIpc) is 2.64. The Labute approximate surface area is 154 Å². The third kappa shape index (κ3) is 3.15. The Balaban J connectivity index is 2.06. The Kier molecular flexibility index (Phi) is 4.69. The lowest BCUT2D eigenvalue weighted by Gasteiger charge is -2.15. The number of fused-ring (bicyclic) bond motifs is 1. The molecule has 26 heavy (non-hydrogen) atoms. The molecule has 3 aromatic carbocycles. The minimum absolute atomic E-state index is 0.308. The molecule has 132 valence electrons. The molecule has 0 unspecified atom stereocenters. The molecule has 0 aliphatic rings. The van der Waals surface area contributed by atoms with E-state index in [0.29, 0.717) is 5.56 Å². The number of allylic oxidation sites excluding steroid dienone is 1. The second-order valence-electron chi connectivity index (χ2n) is 7.01. The first kappa shape index (κ1) is 17.9. The Morgan fingerprint density at radius 2 is 1.31 bits per heavy atom. The third-order valence-electron chi connectivity index (χ3n) is 5.51. The van der Waals surface area contributed by atoms with Gasteiger partial charge in [-0.3, -0.25) is 0 Å². The molecule has 0 bridgehead atoms. The number of carboxylic acid groups (broad SMARTS) is 1. The number of benzene rings is 3. The molecule has 0 radical (unpaired) electrons. The summed E-state index contributed by atoms with van der Waals surface area (Å²) in [5.41, 5.74) is 9.06. The predicted octanol–water partition coefficient (Wildman–Crippen LogP) is 6.33. The fourth-order valence-electron chi connectivity index (χ4n) is 3.45. The lowest BCUT2D eigenvalue weighted by atomic mass is 9.90. The molecule has 0 saturated heterocycles. The minimum Gasteiger partial charge on any atom is -0.478 e. The number of rotatable bonds is 3. The summed E-state index contributed by atoms with van der Waals surface area (Å²) in [6.07, 6.45) is 2.09. The smallest absolute Gasteiger partial charge is 0.335 e. The van der Waals surface area contributed by atoms with Crippen LogP contribution in [-0.2, 0) is 0 Å². The Hall–Kier alpha value is -2.87. The lowest BCUT2D eigenvalue weighted by molar-refractivity contribution is 0.0697. The monoisotopic (exact) mass is 344 g/mol. The van der Waals surface area contributed by atoms with Crippen molar-refractivity contribution >= 4 is 28.4 Å². The van der Waals surface area contributed by atoms with E-state index in [0.717, 1.165) is 11.1 Å². The summed E-state index contributed by atoms with van der Waals surface area (Å²) < 4.78 is 0. The van der Waals surface area contributed by atoms with Crippen molar-refractivity contribution in [1.82, 2.24) is 0 Å². The molecule has 0 atom stereocenters. The van der Waals surface area contributed by atoms with Crippen molar-refractivity contribution in [2.24, 2.45) is 0 Å². The normalized spacial score (nSPS) is 11.8. The van der Waals surface area contributed by atoms with Gasteiger partial charge < -0.3 is 5.11 Å². The van der Waals surface area contributed by atoms with Gasteiger partial charge in [-0.1, -0.05) is 30.3 Å². The van der Waals surface area contributed by atoms with E-state index in [1.165, 1.54) is 38.6 Å². The molecule has 0 aromatic heterocycles. The first-order valence-electron chi connectivity index (χ1n) is 8.81. The highest BCUT2D eigenvalue weighted by Crippen LogP contribution is 2.31. The van der Waals surface area contributed by atoms with Crippen LogP contribution < -0.4 is 0 Å². The Morgan fingerprint density at radius 1 is 0.769 bits per heavy atom. The highest BCUT2D eigenvalue weighted by molar-refractivity contribution is 5.94. The van der Waals surface area contributed by atoms with Gasteiger partial charge in [-0.25, -0.2) is 4.79 Å². The van der Waals surface area contributed by atoms with Crippen LogP contribution in [-0.4, -0.2) is 11.1 Å².